The molecule has 0 fully saturated rings. The zero-order chi connectivity index (χ0) is 12.4. The number of amides is 1. The average molecular weight is 230 g/mol. The van der Waals surface area contributed by atoms with E-state index in [1.54, 1.807) is 0 Å². The van der Waals surface area contributed by atoms with E-state index >= 15 is 0 Å². The van der Waals surface area contributed by atoms with E-state index < -0.39 is 0 Å². The van der Waals surface area contributed by atoms with Gasteiger partial charge in [-0.15, -0.1) is 0 Å². The number of benzene rings is 1. The van der Waals surface area contributed by atoms with Crippen LogP contribution in [0.1, 0.15) is 20.3 Å². The van der Waals surface area contributed by atoms with Gasteiger partial charge in [-0.3, -0.25) is 4.79 Å². The Hall–Kier alpha value is -1.77. The number of anilines is 2. The summed E-state index contributed by atoms with van der Waals surface area (Å²) in [4.78, 5) is 14.1. The highest BCUT2D eigenvalue weighted by Crippen LogP contribution is 2.32. The van der Waals surface area contributed by atoms with Crippen molar-refractivity contribution in [2.45, 2.75) is 26.3 Å². The van der Waals surface area contributed by atoms with E-state index in [9.17, 15) is 4.79 Å². The summed E-state index contributed by atoms with van der Waals surface area (Å²) in [5, 5.41) is 3.28. The summed E-state index contributed by atoms with van der Waals surface area (Å²) < 4.78 is 0. The van der Waals surface area contributed by atoms with Gasteiger partial charge in [0.05, 0.1) is 11.4 Å². The molecule has 0 bridgehead atoms. The molecule has 0 aromatic heterocycles. The smallest absolute Gasteiger partial charge is 0.249 e. The summed E-state index contributed by atoms with van der Waals surface area (Å²) in [6.45, 7) is 8.44. The second-order valence-electron chi connectivity index (χ2n) is 4.50. The van der Waals surface area contributed by atoms with E-state index in [2.05, 4.69) is 11.9 Å². The van der Waals surface area contributed by atoms with Crippen LogP contribution >= 0.6 is 0 Å². The lowest BCUT2D eigenvalue weighted by molar-refractivity contribution is -0.119. The van der Waals surface area contributed by atoms with Gasteiger partial charge in [-0.05, 0) is 25.5 Å². The van der Waals surface area contributed by atoms with Gasteiger partial charge in [0, 0.05) is 6.54 Å². The van der Waals surface area contributed by atoms with Crippen LogP contribution in [0.4, 0.5) is 11.4 Å². The van der Waals surface area contributed by atoms with E-state index in [0.29, 0.717) is 6.54 Å². The molecular formula is C14H18N2O. The standard InChI is InChI=1S/C14H18N2O/c1-4-11-14(17)16(9-10(2)3)13-8-6-5-7-12(13)15-11/h5-8,11,15H,2,4,9H2,1,3H3. The third-order valence-electron chi connectivity index (χ3n) is 2.92. The summed E-state index contributed by atoms with van der Waals surface area (Å²) in [6, 6.07) is 7.79. The van der Waals surface area contributed by atoms with Crippen LogP contribution < -0.4 is 10.2 Å². The molecule has 1 aliphatic rings. The van der Waals surface area contributed by atoms with E-state index in [1.807, 2.05) is 43.0 Å². The average Bonchev–Trinajstić information content (AvgIpc) is 2.32. The lowest BCUT2D eigenvalue weighted by Gasteiger charge is -2.35. The fourth-order valence-corrected chi connectivity index (χ4v) is 2.10. The van der Waals surface area contributed by atoms with Gasteiger partial charge in [-0.1, -0.05) is 31.2 Å². The van der Waals surface area contributed by atoms with Crippen molar-refractivity contribution in [2.24, 2.45) is 0 Å². The molecule has 3 nitrogen and oxygen atoms in total. The molecular weight excluding hydrogens is 212 g/mol. The lowest BCUT2D eigenvalue weighted by Crippen LogP contribution is -2.47. The maximum atomic E-state index is 12.3. The molecule has 1 unspecified atom stereocenters. The SMILES string of the molecule is C=C(C)CN1C(=O)C(CC)Nc2ccccc21. The fraction of sp³-hybridized carbons (Fsp3) is 0.357. The molecule has 3 heteroatoms. The summed E-state index contributed by atoms with van der Waals surface area (Å²) >= 11 is 0. The molecule has 1 aromatic carbocycles. The number of rotatable bonds is 3. The van der Waals surface area contributed by atoms with Crippen LogP contribution in [0.15, 0.2) is 36.4 Å². The number of hydrogen-bond donors (Lipinski definition) is 1. The van der Waals surface area contributed by atoms with Gasteiger partial charge in [0.15, 0.2) is 0 Å². The third-order valence-corrected chi connectivity index (χ3v) is 2.92. The minimum Gasteiger partial charge on any atom is -0.372 e. The summed E-state index contributed by atoms with van der Waals surface area (Å²) in [5.74, 6) is 0.134. The number of para-hydroxylation sites is 2. The normalized spacial score (nSPS) is 18.6. The first-order valence-corrected chi connectivity index (χ1v) is 5.94. The molecule has 2 rings (SSSR count). The van der Waals surface area contributed by atoms with E-state index in [0.717, 1.165) is 23.4 Å². The van der Waals surface area contributed by atoms with Crippen molar-refractivity contribution in [3.8, 4) is 0 Å². The van der Waals surface area contributed by atoms with Crippen molar-refractivity contribution in [1.82, 2.24) is 0 Å². The molecule has 0 saturated carbocycles. The molecule has 1 aliphatic heterocycles. The second kappa shape index (κ2) is 4.62. The van der Waals surface area contributed by atoms with Crippen molar-refractivity contribution in [3.63, 3.8) is 0 Å². The highest BCUT2D eigenvalue weighted by molar-refractivity contribution is 6.05. The van der Waals surface area contributed by atoms with Gasteiger partial charge in [0.2, 0.25) is 5.91 Å². The maximum absolute atomic E-state index is 12.3. The quantitative estimate of drug-likeness (QED) is 0.810. The van der Waals surface area contributed by atoms with Crippen LogP contribution in [0, 0.1) is 0 Å². The Labute approximate surface area is 102 Å². The third kappa shape index (κ3) is 2.18. The van der Waals surface area contributed by atoms with E-state index in [1.165, 1.54) is 0 Å². The molecule has 1 N–H and O–H groups in total. The van der Waals surface area contributed by atoms with Gasteiger partial charge >= 0.3 is 0 Å². The summed E-state index contributed by atoms with van der Waals surface area (Å²) in [7, 11) is 0. The molecule has 1 amide bonds. The first kappa shape index (κ1) is 11.7. The molecule has 1 heterocycles. The second-order valence-corrected chi connectivity index (χ2v) is 4.50. The molecule has 17 heavy (non-hydrogen) atoms. The first-order chi connectivity index (χ1) is 8.13. The van der Waals surface area contributed by atoms with Crippen LogP contribution in [0.3, 0.4) is 0 Å². The minimum absolute atomic E-state index is 0.121. The predicted octanol–water partition coefficient (Wildman–Crippen LogP) is 2.80. The van der Waals surface area contributed by atoms with Crippen molar-refractivity contribution in [2.75, 3.05) is 16.8 Å². The summed E-state index contributed by atoms with van der Waals surface area (Å²) in [6.07, 6.45) is 0.792. The van der Waals surface area contributed by atoms with Crippen molar-refractivity contribution >= 4 is 17.3 Å². The lowest BCUT2D eigenvalue weighted by atomic mass is 10.1. The Bertz CT molecular complexity index is 453. The van der Waals surface area contributed by atoms with Gasteiger partial charge in [0.1, 0.15) is 6.04 Å². The number of fused-ring (bicyclic) bond motifs is 1. The first-order valence-electron chi connectivity index (χ1n) is 5.94. The number of nitrogens with zero attached hydrogens (tertiary/aromatic N) is 1. The molecule has 0 aliphatic carbocycles. The van der Waals surface area contributed by atoms with E-state index in [4.69, 9.17) is 0 Å². The topological polar surface area (TPSA) is 32.3 Å². The Kier molecular flexibility index (Phi) is 3.18. The molecule has 1 atom stereocenters. The number of hydrogen-bond acceptors (Lipinski definition) is 2. The monoisotopic (exact) mass is 230 g/mol. The van der Waals surface area contributed by atoms with Gasteiger partial charge in [-0.25, -0.2) is 0 Å². The van der Waals surface area contributed by atoms with Crippen molar-refractivity contribution in [3.05, 3.63) is 36.4 Å². The zero-order valence-electron chi connectivity index (χ0n) is 10.4. The predicted molar refractivity (Wildman–Crippen MR) is 71.3 cm³/mol. The summed E-state index contributed by atoms with van der Waals surface area (Å²) in [5.41, 5.74) is 2.97. The highest BCUT2D eigenvalue weighted by Gasteiger charge is 2.30. The van der Waals surface area contributed by atoms with Gasteiger partial charge in [-0.2, -0.15) is 0 Å². The van der Waals surface area contributed by atoms with Crippen molar-refractivity contribution in [1.29, 1.82) is 0 Å². The Morgan fingerprint density at radius 1 is 1.47 bits per heavy atom. The highest BCUT2D eigenvalue weighted by atomic mass is 16.2. The van der Waals surface area contributed by atoms with Crippen LogP contribution in [-0.2, 0) is 4.79 Å². The Balaban J connectivity index is 2.40. The van der Waals surface area contributed by atoms with Crippen molar-refractivity contribution < 1.29 is 4.79 Å². The Morgan fingerprint density at radius 3 is 2.82 bits per heavy atom. The van der Waals surface area contributed by atoms with Crippen LogP contribution in [0.2, 0.25) is 0 Å². The van der Waals surface area contributed by atoms with Crippen LogP contribution in [0.25, 0.3) is 0 Å². The number of carbonyl (C=O) groups is 1. The Morgan fingerprint density at radius 2 is 2.18 bits per heavy atom. The zero-order valence-corrected chi connectivity index (χ0v) is 10.4. The maximum Gasteiger partial charge on any atom is 0.249 e. The number of nitrogens with one attached hydrogen (secondary N) is 1. The molecule has 1 aromatic rings. The number of carbonyl (C=O) groups excluding carboxylic acids is 1. The minimum atomic E-state index is -0.121. The fourth-order valence-electron chi connectivity index (χ4n) is 2.10. The molecule has 90 valence electrons. The van der Waals surface area contributed by atoms with Crippen LogP contribution in [-0.4, -0.2) is 18.5 Å². The van der Waals surface area contributed by atoms with Gasteiger partial charge < -0.3 is 10.2 Å². The van der Waals surface area contributed by atoms with E-state index in [-0.39, 0.29) is 11.9 Å². The van der Waals surface area contributed by atoms with Crippen LogP contribution in [0.5, 0.6) is 0 Å². The molecule has 0 radical (unpaired) electrons. The largest absolute Gasteiger partial charge is 0.372 e. The molecule has 0 spiro atoms. The van der Waals surface area contributed by atoms with Gasteiger partial charge in [0.25, 0.3) is 0 Å². The molecule has 0 saturated heterocycles.